The van der Waals surface area contributed by atoms with E-state index in [0.717, 1.165) is 30.6 Å². The number of benzene rings is 1. The largest absolute Gasteiger partial charge is 0.384 e. The van der Waals surface area contributed by atoms with Crippen molar-refractivity contribution in [1.82, 2.24) is 4.90 Å². The van der Waals surface area contributed by atoms with Gasteiger partial charge in [0.25, 0.3) is 5.91 Å². The molecule has 0 aromatic heterocycles. The van der Waals surface area contributed by atoms with Gasteiger partial charge in [-0.3, -0.25) is 4.79 Å². The molecule has 1 fully saturated rings. The number of methoxy groups -OCH3 is 1. The summed E-state index contributed by atoms with van der Waals surface area (Å²) in [5.41, 5.74) is 2.36. The zero-order valence-electron chi connectivity index (χ0n) is 12.6. The van der Waals surface area contributed by atoms with E-state index in [-0.39, 0.29) is 12.5 Å². The molecule has 0 spiro atoms. The van der Waals surface area contributed by atoms with Crippen molar-refractivity contribution >= 4 is 5.91 Å². The van der Waals surface area contributed by atoms with Crippen LogP contribution in [-0.4, -0.2) is 49.3 Å². The minimum atomic E-state index is -0.178. The molecular formula is C17H21NO3. The molecule has 0 bridgehead atoms. The fourth-order valence-corrected chi connectivity index (χ4v) is 2.70. The van der Waals surface area contributed by atoms with Crippen LogP contribution in [0.25, 0.3) is 0 Å². The fraction of sp³-hybridized carbons (Fsp3) is 0.471. The molecule has 1 N–H and O–H groups in total. The Morgan fingerprint density at radius 3 is 3.05 bits per heavy atom. The third-order valence-corrected chi connectivity index (χ3v) is 3.84. The van der Waals surface area contributed by atoms with Crippen molar-refractivity contribution in [2.75, 3.05) is 33.4 Å². The van der Waals surface area contributed by atoms with Crippen LogP contribution in [0.5, 0.6) is 0 Å². The summed E-state index contributed by atoms with van der Waals surface area (Å²) in [6.07, 6.45) is 0.989. The van der Waals surface area contributed by atoms with Crippen molar-refractivity contribution < 1.29 is 14.6 Å². The lowest BCUT2D eigenvalue weighted by molar-refractivity contribution is 0.0774. The Bertz CT molecular complexity index is 571. The highest BCUT2D eigenvalue weighted by molar-refractivity contribution is 5.96. The molecule has 0 radical (unpaired) electrons. The minimum absolute atomic E-state index is 0.0544. The molecule has 1 heterocycles. The number of carbonyl (C=O) groups excluding carboxylic acids is 1. The van der Waals surface area contributed by atoms with Gasteiger partial charge in [-0.15, -0.1) is 0 Å². The normalized spacial score (nSPS) is 17.5. The van der Waals surface area contributed by atoms with Gasteiger partial charge in [-0.2, -0.15) is 0 Å². The highest BCUT2D eigenvalue weighted by Crippen LogP contribution is 2.21. The molecule has 1 aromatic rings. The predicted octanol–water partition coefficient (Wildman–Crippen LogP) is 1.45. The zero-order chi connectivity index (χ0) is 15.2. The van der Waals surface area contributed by atoms with Gasteiger partial charge >= 0.3 is 0 Å². The van der Waals surface area contributed by atoms with E-state index in [1.165, 1.54) is 0 Å². The Balaban J connectivity index is 2.17. The smallest absolute Gasteiger partial charge is 0.254 e. The maximum absolute atomic E-state index is 12.6. The van der Waals surface area contributed by atoms with Gasteiger partial charge < -0.3 is 14.7 Å². The standard InChI is InChI=1S/C17H21NO3/c1-13-15(6-4-10-19)5-3-7-16(13)17(20)18-9-8-14(11-18)12-21-2/h3,5,7,14,19H,8-12H2,1-2H3. The number of carbonyl (C=O) groups is 1. The maximum Gasteiger partial charge on any atom is 0.254 e. The van der Waals surface area contributed by atoms with Gasteiger partial charge in [0.1, 0.15) is 6.61 Å². The van der Waals surface area contributed by atoms with Gasteiger partial charge in [-0.25, -0.2) is 0 Å². The van der Waals surface area contributed by atoms with E-state index in [4.69, 9.17) is 9.84 Å². The highest BCUT2D eigenvalue weighted by Gasteiger charge is 2.27. The zero-order valence-corrected chi connectivity index (χ0v) is 12.6. The van der Waals surface area contributed by atoms with Gasteiger partial charge in [0.05, 0.1) is 6.61 Å². The molecule has 0 aliphatic carbocycles. The Kier molecular flexibility index (Phi) is 5.38. The van der Waals surface area contributed by atoms with Crippen LogP contribution in [0.2, 0.25) is 0 Å². The van der Waals surface area contributed by atoms with Crippen molar-refractivity contribution in [1.29, 1.82) is 0 Å². The summed E-state index contributed by atoms with van der Waals surface area (Å²) in [5, 5.41) is 8.79. The van der Waals surface area contributed by atoms with Crippen LogP contribution in [-0.2, 0) is 4.74 Å². The predicted molar refractivity (Wildman–Crippen MR) is 81.0 cm³/mol. The number of ether oxygens (including phenoxy) is 1. The van der Waals surface area contributed by atoms with Crippen molar-refractivity contribution in [2.24, 2.45) is 5.92 Å². The lowest BCUT2D eigenvalue weighted by atomic mass is 10.0. The molecule has 1 unspecified atom stereocenters. The fourth-order valence-electron chi connectivity index (χ4n) is 2.70. The molecule has 0 saturated carbocycles. The van der Waals surface area contributed by atoms with E-state index in [1.807, 2.05) is 30.0 Å². The third-order valence-electron chi connectivity index (χ3n) is 3.84. The average molecular weight is 287 g/mol. The molecule has 1 saturated heterocycles. The summed E-state index contributed by atoms with van der Waals surface area (Å²) in [5.74, 6) is 6.00. The summed E-state index contributed by atoms with van der Waals surface area (Å²) in [6, 6.07) is 5.54. The minimum Gasteiger partial charge on any atom is -0.384 e. The Hall–Kier alpha value is -1.83. The third kappa shape index (κ3) is 3.63. The van der Waals surface area contributed by atoms with E-state index < -0.39 is 0 Å². The van der Waals surface area contributed by atoms with Gasteiger partial charge in [-0.05, 0) is 31.0 Å². The average Bonchev–Trinajstić information content (AvgIpc) is 2.94. The van der Waals surface area contributed by atoms with Crippen molar-refractivity contribution in [3.8, 4) is 11.8 Å². The van der Waals surface area contributed by atoms with Crippen LogP contribution in [0.1, 0.15) is 27.9 Å². The summed E-state index contributed by atoms with van der Waals surface area (Å²) < 4.78 is 5.17. The van der Waals surface area contributed by atoms with Crippen LogP contribution < -0.4 is 0 Å². The first-order valence-corrected chi connectivity index (χ1v) is 7.15. The SMILES string of the molecule is COCC1CCN(C(=O)c2cccc(C#CCO)c2C)C1. The first kappa shape index (κ1) is 15.6. The highest BCUT2D eigenvalue weighted by atomic mass is 16.5. The van der Waals surface area contributed by atoms with E-state index >= 15 is 0 Å². The second-order valence-electron chi connectivity index (χ2n) is 5.30. The number of rotatable bonds is 3. The van der Waals surface area contributed by atoms with Crippen LogP contribution in [0.4, 0.5) is 0 Å². The maximum atomic E-state index is 12.6. The van der Waals surface area contributed by atoms with Crippen molar-refractivity contribution in [3.05, 3.63) is 34.9 Å². The number of amides is 1. The Labute approximate surface area is 125 Å². The van der Waals surface area contributed by atoms with Gasteiger partial charge in [0.15, 0.2) is 0 Å². The van der Waals surface area contributed by atoms with E-state index in [9.17, 15) is 4.79 Å². The van der Waals surface area contributed by atoms with Crippen molar-refractivity contribution in [3.63, 3.8) is 0 Å². The Morgan fingerprint density at radius 2 is 2.33 bits per heavy atom. The number of hydrogen-bond acceptors (Lipinski definition) is 3. The van der Waals surface area contributed by atoms with Crippen LogP contribution >= 0.6 is 0 Å². The number of aliphatic hydroxyl groups excluding tert-OH is 1. The molecule has 1 amide bonds. The summed E-state index contributed by atoms with van der Waals surface area (Å²) in [6.45, 7) is 3.95. The quantitative estimate of drug-likeness (QED) is 0.856. The summed E-state index contributed by atoms with van der Waals surface area (Å²) in [4.78, 5) is 14.5. The lowest BCUT2D eigenvalue weighted by Crippen LogP contribution is -2.30. The number of likely N-dealkylation sites (tertiary alicyclic amines) is 1. The lowest BCUT2D eigenvalue weighted by Gasteiger charge is -2.18. The first-order chi connectivity index (χ1) is 10.2. The summed E-state index contributed by atoms with van der Waals surface area (Å²) >= 11 is 0. The molecule has 1 aromatic carbocycles. The topological polar surface area (TPSA) is 49.8 Å². The first-order valence-electron chi connectivity index (χ1n) is 7.15. The van der Waals surface area contributed by atoms with Gasteiger partial charge in [0.2, 0.25) is 0 Å². The molecule has 1 aliphatic rings. The van der Waals surface area contributed by atoms with E-state index in [2.05, 4.69) is 11.8 Å². The van der Waals surface area contributed by atoms with Gasteiger partial charge in [0, 0.05) is 37.2 Å². The molecule has 2 rings (SSSR count). The van der Waals surface area contributed by atoms with Crippen LogP contribution in [0, 0.1) is 24.7 Å². The van der Waals surface area contributed by atoms with E-state index in [1.54, 1.807) is 7.11 Å². The molecule has 21 heavy (non-hydrogen) atoms. The second kappa shape index (κ2) is 7.26. The van der Waals surface area contributed by atoms with Crippen LogP contribution in [0.3, 0.4) is 0 Å². The summed E-state index contributed by atoms with van der Waals surface area (Å²) in [7, 11) is 1.69. The number of aliphatic hydroxyl groups is 1. The molecule has 4 heteroatoms. The monoisotopic (exact) mass is 287 g/mol. The van der Waals surface area contributed by atoms with E-state index in [0.29, 0.717) is 18.1 Å². The van der Waals surface area contributed by atoms with Crippen molar-refractivity contribution in [2.45, 2.75) is 13.3 Å². The Morgan fingerprint density at radius 1 is 1.52 bits per heavy atom. The second-order valence-corrected chi connectivity index (χ2v) is 5.30. The number of hydrogen-bond donors (Lipinski definition) is 1. The molecular weight excluding hydrogens is 266 g/mol. The molecule has 4 nitrogen and oxygen atoms in total. The van der Waals surface area contributed by atoms with Crippen LogP contribution in [0.15, 0.2) is 18.2 Å². The molecule has 1 atom stereocenters. The molecule has 1 aliphatic heterocycles. The number of nitrogens with zero attached hydrogens (tertiary/aromatic N) is 1. The van der Waals surface area contributed by atoms with Gasteiger partial charge in [-0.1, -0.05) is 17.9 Å². The molecule has 112 valence electrons.